The fourth-order valence-electron chi connectivity index (χ4n) is 1.57. The van der Waals surface area contributed by atoms with Crippen LogP contribution in [0.5, 0.6) is 5.75 Å². The number of nitrogens with two attached hydrogens (primary N) is 1. The molecule has 17 heavy (non-hydrogen) atoms. The van der Waals surface area contributed by atoms with Crippen molar-refractivity contribution in [3.63, 3.8) is 0 Å². The van der Waals surface area contributed by atoms with Gasteiger partial charge in [-0.25, -0.2) is 0 Å². The minimum atomic E-state index is 0.111. The van der Waals surface area contributed by atoms with Crippen molar-refractivity contribution in [1.29, 1.82) is 0 Å². The molecule has 3 heteroatoms. The van der Waals surface area contributed by atoms with Crippen molar-refractivity contribution in [3.8, 4) is 5.75 Å². The largest absolute Gasteiger partial charge is 0.491 e. The van der Waals surface area contributed by atoms with Crippen LogP contribution in [0.25, 0.3) is 0 Å². The Morgan fingerprint density at radius 3 is 2.65 bits per heavy atom. The summed E-state index contributed by atoms with van der Waals surface area (Å²) in [7, 11) is 0. The summed E-state index contributed by atoms with van der Waals surface area (Å²) in [6.07, 6.45) is 1.89. The molecule has 2 atom stereocenters. The molecule has 0 saturated heterocycles. The van der Waals surface area contributed by atoms with E-state index in [9.17, 15) is 0 Å². The van der Waals surface area contributed by atoms with Crippen LogP contribution >= 0.6 is 11.6 Å². The van der Waals surface area contributed by atoms with Gasteiger partial charge < -0.3 is 10.5 Å². The van der Waals surface area contributed by atoms with Crippen molar-refractivity contribution in [2.75, 3.05) is 6.61 Å². The molecule has 0 aliphatic heterocycles. The Kier molecular flexibility index (Phi) is 5.79. The maximum atomic E-state index is 6.17. The lowest BCUT2D eigenvalue weighted by Gasteiger charge is -2.16. The second-order valence-electron chi connectivity index (χ2n) is 4.73. The molecule has 0 aliphatic rings. The van der Waals surface area contributed by atoms with Gasteiger partial charge in [0.15, 0.2) is 0 Å². The molecule has 0 spiro atoms. The van der Waals surface area contributed by atoms with Gasteiger partial charge in [-0.1, -0.05) is 44.0 Å². The number of hydrogen-bond donors (Lipinski definition) is 1. The van der Waals surface area contributed by atoms with Gasteiger partial charge in [0, 0.05) is 6.04 Å². The van der Waals surface area contributed by atoms with E-state index in [1.54, 1.807) is 0 Å². The van der Waals surface area contributed by atoms with E-state index < -0.39 is 0 Å². The van der Waals surface area contributed by atoms with E-state index in [2.05, 4.69) is 13.8 Å². The smallest absolute Gasteiger partial charge is 0.141 e. The number of hydrogen-bond acceptors (Lipinski definition) is 2. The normalized spacial score (nSPS) is 14.4. The monoisotopic (exact) mass is 255 g/mol. The van der Waals surface area contributed by atoms with Crippen molar-refractivity contribution in [3.05, 3.63) is 28.8 Å². The number of para-hydroxylation sites is 1. The molecule has 0 radical (unpaired) electrons. The Morgan fingerprint density at radius 1 is 1.35 bits per heavy atom. The fourth-order valence-corrected chi connectivity index (χ4v) is 1.81. The lowest BCUT2D eigenvalue weighted by molar-refractivity contribution is 0.254. The highest BCUT2D eigenvalue weighted by Crippen LogP contribution is 2.30. The Bertz CT molecular complexity index is 352. The van der Waals surface area contributed by atoms with Crippen LogP contribution in [-0.4, -0.2) is 12.6 Å². The summed E-state index contributed by atoms with van der Waals surface area (Å²) in [6, 6.07) is 5.94. The van der Waals surface area contributed by atoms with E-state index in [4.69, 9.17) is 22.1 Å². The third-order valence-corrected chi connectivity index (χ3v) is 3.10. The van der Waals surface area contributed by atoms with Gasteiger partial charge >= 0.3 is 0 Å². The molecule has 0 saturated carbocycles. The molecule has 0 aliphatic carbocycles. The van der Waals surface area contributed by atoms with Crippen LogP contribution in [0.2, 0.25) is 5.02 Å². The molecule has 0 fully saturated rings. The van der Waals surface area contributed by atoms with E-state index in [-0.39, 0.29) is 6.04 Å². The van der Waals surface area contributed by atoms with Crippen LogP contribution < -0.4 is 10.5 Å². The maximum absolute atomic E-state index is 6.17. The molecule has 1 aromatic rings. The average Bonchev–Trinajstić information content (AvgIpc) is 2.27. The summed E-state index contributed by atoms with van der Waals surface area (Å²) in [5.74, 6) is 1.33. The molecule has 1 aromatic carbocycles. The van der Waals surface area contributed by atoms with E-state index in [1.165, 1.54) is 0 Å². The highest BCUT2D eigenvalue weighted by Gasteiger charge is 2.11. The Labute approximate surface area is 109 Å². The standard InChI is InChI=1S/C14H22ClNO/c1-4-10(2)9-17-14-12(8-11(3)16)6-5-7-13(14)15/h5-7,10-11H,4,8-9,16H2,1-3H3. The molecule has 2 unspecified atom stereocenters. The molecule has 0 bridgehead atoms. The van der Waals surface area contributed by atoms with Gasteiger partial charge in [0.1, 0.15) is 5.75 Å². The molecular formula is C14H22ClNO. The van der Waals surface area contributed by atoms with Crippen LogP contribution in [0.1, 0.15) is 32.8 Å². The van der Waals surface area contributed by atoms with Gasteiger partial charge in [-0.15, -0.1) is 0 Å². The summed E-state index contributed by atoms with van der Waals surface area (Å²) in [5, 5.41) is 0.673. The van der Waals surface area contributed by atoms with E-state index in [1.807, 2.05) is 25.1 Å². The first-order chi connectivity index (χ1) is 8.04. The van der Waals surface area contributed by atoms with E-state index in [0.29, 0.717) is 17.5 Å². The second kappa shape index (κ2) is 6.87. The third-order valence-electron chi connectivity index (χ3n) is 2.80. The zero-order valence-corrected chi connectivity index (χ0v) is 11.6. The predicted octanol–water partition coefficient (Wildman–Crippen LogP) is 3.65. The number of halogens is 1. The van der Waals surface area contributed by atoms with Crippen LogP contribution in [0, 0.1) is 5.92 Å². The summed E-state index contributed by atoms with van der Waals surface area (Å²) < 4.78 is 5.83. The van der Waals surface area contributed by atoms with Crippen molar-refractivity contribution in [1.82, 2.24) is 0 Å². The third kappa shape index (κ3) is 4.57. The first-order valence-electron chi connectivity index (χ1n) is 6.20. The number of ether oxygens (including phenoxy) is 1. The van der Waals surface area contributed by atoms with Gasteiger partial charge in [-0.05, 0) is 30.9 Å². The van der Waals surface area contributed by atoms with Gasteiger partial charge in [0.05, 0.1) is 11.6 Å². The average molecular weight is 256 g/mol. The van der Waals surface area contributed by atoms with E-state index >= 15 is 0 Å². The van der Waals surface area contributed by atoms with Crippen molar-refractivity contribution < 1.29 is 4.74 Å². The highest BCUT2D eigenvalue weighted by atomic mass is 35.5. The quantitative estimate of drug-likeness (QED) is 0.842. The topological polar surface area (TPSA) is 35.2 Å². The molecule has 0 heterocycles. The molecule has 2 N–H and O–H groups in total. The van der Waals surface area contributed by atoms with Crippen molar-refractivity contribution >= 4 is 11.6 Å². The summed E-state index contributed by atoms with van der Waals surface area (Å²) in [6.45, 7) is 7.01. The van der Waals surface area contributed by atoms with Gasteiger partial charge in [-0.3, -0.25) is 0 Å². The minimum absolute atomic E-state index is 0.111. The Morgan fingerprint density at radius 2 is 2.06 bits per heavy atom. The Balaban J connectivity index is 2.80. The summed E-state index contributed by atoms with van der Waals surface area (Å²) in [5.41, 5.74) is 6.92. The van der Waals surface area contributed by atoms with Crippen LogP contribution in [0.4, 0.5) is 0 Å². The number of benzene rings is 1. The molecule has 1 rings (SSSR count). The van der Waals surface area contributed by atoms with Gasteiger partial charge in [-0.2, -0.15) is 0 Å². The molecule has 96 valence electrons. The fraction of sp³-hybridized carbons (Fsp3) is 0.571. The first kappa shape index (κ1) is 14.3. The molecule has 0 aromatic heterocycles. The van der Waals surface area contributed by atoms with Gasteiger partial charge in [0.2, 0.25) is 0 Å². The molecule has 0 amide bonds. The zero-order chi connectivity index (χ0) is 12.8. The lowest BCUT2D eigenvalue weighted by atomic mass is 10.1. The molecular weight excluding hydrogens is 234 g/mol. The Hall–Kier alpha value is -0.730. The van der Waals surface area contributed by atoms with Crippen LogP contribution in [0.3, 0.4) is 0 Å². The summed E-state index contributed by atoms with van der Waals surface area (Å²) >= 11 is 6.17. The van der Waals surface area contributed by atoms with Crippen LogP contribution in [0.15, 0.2) is 18.2 Å². The maximum Gasteiger partial charge on any atom is 0.141 e. The predicted molar refractivity (Wildman–Crippen MR) is 73.8 cm³/mol. The SMILES string of the molecule is CCC(C)COc1c(Cl)cccc1CC(C)N. The van der Waals surface area contributed by atoms with Crippen molar-refractivity contribution in [2.24, 2.45) is 11.7 Å². The first-order valence-corrected chi connectivity index (χ1v) is 6.58. The van der Waals surface area contributed by atoms with E-state index in [0.717, 1.165) is 24.2 Å². The molecule has 2 nitrogen and oxygen atoms in total. The summed E-state index contributed by atoms with van der Waals surface area (Å²) in [4.78, 5) is 0. The van der Waals surface area contributed by atoms with Crippen molar-refractivity contribution in [2.45, 2.75) is 39.7 Å². The van der Waals surface area contributed by atoms with Gasteiger partial charge in [0.25, 0.3) is 0 Å². The highest BCUT2D eigenvalue weighted by molar-refractivity contribution is 6.32. The minimum Gasteiger partial charge on any atom is -0.491 e. The van der Waals surface area contributed by atoms with Crippen LogP contribution in [-0.2, 0) is 6.42 Å². The number of rotatable bonds is 6. The zero-order valence-electron chi connectivity index (χ0n) is 10.9. The second-order valence-corrected chi connectivity index (χ2v) is 5.14. The lowest BCUT2D eigenvalue weighted by Crippen LogP contribution is -2.19.